The number of urea groups is 1. The minimum atomic E-state index is -3.17. The van der Waals surface area contributed by atoms with Crippen LogP contribution in [0.5, 0.6) is 0 Å². The van der Waals surface area contributed by atoms with Crippen molar-refractivity contribution in [2.24, 2.45) is 0 Å². The van der Waals surface area contributed by atoms with Gasteiger partial charge in [0.15, 0.2) is 9.84 Å². The highest BCUT2D eigenvalue weighted by atomic mass is 32.2. The second-order valence-electron chi connectivity index (χ2n) is 7.46. The number of amides is 2. The molecule has 2 amide bonds. The molecule has 28 heavy (non-hydrogen) atoms. The number of hydrogen-bond acceptors (Lipinski definition) is 3. The van der Waals surface area contributed by atoms with Crippen molar-refractivity contribution in [1.82, 2.24) is 4.90 Å². The summed E-state index contributed by atoms with van der Waals surface area (Å²) in [6, 6.07) is 14.9. The zero-order chi connectivity index (χ0) is 19.9. The summed E-state index contributed by atoms with van der Waals surface area (Å²) in [6.45, 7) is 6.23. The molecule has 0 bridgehead atoms. The van der Waals surface area contributed by atoms with E-state index < -0.39 is 9.84 Å². The van der Waals surface area contributed by atoms with Crippen molar-refractivity contribution >= 4 is 27.6 Å². The minimum Gasteiger partial charge on any atom is -0.314 e. The number of aryl methyl sites for hydroxylation is 1. The van der Waals surface area contributed by atoms with E-state index in [0.29, 0.717) is 6.54 Å². The van der Waals surface area contributed by atoms with Crippen LogP contribution < -0.4 is 4.90 Å². The molecule has 0 saturated carbocycles. The van der Waals surface area contributed by atoms with E-state index in [-0.39, 0.29) is 29.6 Å². The molecule has 2 aliphatic heterocycles. The Hall–Kier alpha value is -2.60. The zero-order valence-electron chi connectivity index (χ0n) is 15.9. The maximum absolute atomic E-state index is 13.3. The maximum atomic E-state index is 13.3. The lowest BCUT2D eigenvalue weighted by Gasteiger charge is -2.23. The normalized spacial score (nSPS) is 23.1. The van der Waals surface area contributed by atoms with E-state index in [2.05, 4.69) is 13.5 Å². The predicted octanol–water partition coefficient (Wildman–Crippen LogP) is 3.50. The summed E-state index contributed by atoms with van der Waals surface area (Å²) >= 11 is 0. The van der Waals surface area contributed by atoms with Gasteiger partial charge in [-0.05, 0) is 35.2 Å². The second kappa shape index (κ2) is 7.09. The first-order valence-electron chi connectivity index (χ1n) is 9.52. The Morgan fingerprint density at radius 2 is 1.61 bits per heavy atom. The standard InChI is InChI=1S/C22H24N2O3S/c1-3-16-5-7-18(8-6-16)13-23-20-14-28(26,27)15-21(20)24(22(23)25)19-11-9-17(4-2)10-12-19/h3,5-12,20-21H,1,4,13-15H2,2H3/t20-,21+/m1/s1. The van der Waals surface area contributed by atoms with Gasteiger partial charge in [0.05, 0.1) is 23.6 Å². The Morgan fingerprint density at radius 3 is 2.21 bits per heavy atom. The Balaban J connectivity index is 1.66. The molecule has 2 saturated heterocycles. The van der Waals surface area contributed by atoms with Gasteiger partial charge in [-0.1, -0.05) is 56.0 Å². The van der Waals surface area contributed by atoms with Gasteiger partial charge < -0.3 is 4.90 Å². The summed E-state index contributed by atoms with van der Waals surface area (Å²) in [5, 5.41) is 0. The second-order valence-corrected chi connectivity index (χ2v) is 9.61. The molecule has 2 fully saturated rings. The number of sulfone groups is 1. The van der Waals surface area contributed by atoms with E-state index >= 15 is 0 Å². The molecule has 2 atom stereocenters. The first kappa shape index (κ1) is 18.7. The Morgan fingerprint density at radius 1 is 1.00 bits per heavy atom. The van der Waals surface area contributed by atoms with Gasteiger partial charge in [-0.15, -0.1) is 0 Å². The summed E-state index contributed by atoms with van der Waals surface area (Å²) < 4.78 is 24.7. The highest BCUT2D eigenvalue weighted by molar-refractivity contribution is 7.91. The van der Waals surface area contributed by atoms with Crippen molar-refractivity contribution in [3.8, 4) is 0 Å². The third-order valence-electron chi connectivity index (χ3n) is 5.67. The van der Waals surface area contributed by atoms with Crippen LogP contribution in [-0.4, -0.2) is 42.9 Å². The Bertz CT molecular complexity index is 997. The lowest BCUT2D eigenvalue weighted by atomic mass is 10.1. The van der Waals surface area contributed by atoms with Crippen LogP contribution in [0.15, 0.2) is 55.1 Å². The third kappa shape index (κ3) is 3.33. The molecule has 0 aliphatic carbocycles. The molecular weight excluding hydrogens is 372 g/mol. The highest BCUT2D eigenvalue weighted by Crippen LogP contribution is 2.36. The molecule has 0 radical (unpaired) electrons. The SMILES string of the molecule is C=Cc1ccc(CN2C(=O)N(c3ccc(CC)cc3)[C@H]3CS(=O)(=O)C[C@H]32)cc1. The number of carbonyl (C=O) groups excluding carboxylic acids is 1. The monoisotopic (exact) mass is 396 g/mol. The van der Waals surface area contributed by atoms with Crippen LogP contribution in [0.2, 0.25) is 0 Å². The molecule has 0 spiro atoms. The van der Waals surface area contributed by atoms with Gasteiger partial charge in [0.1, 0.15) is 0 Å². The molecule has 146 valence electrons. The van der Waals surface area contributed by atoms with Gasteiger partial charge in [-0.2, -0.15) is 0 Å². The van der Waals surface area contributed by atoms with Gasteiger partial charge in [0, 0.05) is 12.2 Å². The van der Waals surface area contributed by atoms with E-state index in [1.807, 2.05) is 48.5 Å². The smallest absolute Gasteiger partial charge is 0.314 e. The number of carbonyl (C=O) groups is 1. The van der Waals surface area contributed by atoms with Crippen molar-refractivity contribution in [2.75, 3.05) is 16.4 Å². The van der Waals surface area contributed by atoms with Crippen molar-refractivity contribution < 1.29 is 13.2 Å². The maximum Gasteiger partial charge on any atom is 0.325 e. The predicted molar refractivity (Wildman–Crippen MR) is 112 cm³/mol. The lowest BCUT2D eigenvalue weighted by Crippen LogP contribution is -2.37. The molecule has 6 heteroatoms. The summed E-state index contributed by atoms with van der Waals surface area (Å²) in [7, 11) is -3.17. The fourth-order valence-electron chi connectivity index (χ4n) is 4.11. The summed E-state index contributed by atoms with van der Waals surface area (Å²) in [5.74, 6) is 0.0442. The van der Waals surface area contributed by atoms with E-state index in [4.69, 9.17) is 0 Å². The number of fused-ring (bicyclic) bond motifs is 1. The molecule has 2 heterocycles. The summed E-state index contributed by atoms with van der Waals surface area (Å²) in [6.07, 6.45) is 2.69. The first-order chi connectivity index (χ1) is 13.4. The largest absolute Gasteiger partial charge is 0.325 e. The van der Waals surface area contributed by atoms with Crippen molar-refractivity contribution in [2.45, 2.75) is 32.0 Å². The van der Waals surface area contributed by atoms with Gasteiger partial charge in [-0.3, -0.25) is 4.90 Å². The average Bonchev–Trinajstić information content (AvgIpc) is 3.13. The molecule has 0 unspecified atom stereocenters. The van der Waals surface area contributed by atoms with Crippen LogP contribution in [0, 0.1) is 0 Å². The zero-order valence-corrected chi connectivity index (χ0v) is 16.7. The molecular formula is C22H24N2O3S. The number of nitrogens with zero attached hydrogens (tertiary/aromatic N) is 2. The Labute approximate surface area is 166 Å². The van der Waals surface area contributed by atoms with Crippen LogP contribution in [-0.2, 0) is 22.8 Å². The number of benzene rings is 2. The van der Waals surface area contributed by atoms with Crippen LogP contribution in [0.3, 0.4) is 0 Å². The summed E-state index contributed by atoms with van der Waals surface area (Å²) in [4.78, 5) is 16.6. The van der Waals surface area contributed by atoms with Crippen molar-refractivity contribution in [3.63, 3.8) is 0 Å². The fraction of sp³-hybridized carbons (Fsp3) is 0.318. The van der Waals surface area contributed by atoms with Crippen molar-refractivity contribution in [1.29, 1.82) is 0 Å². The van der Waals surface area contributed by atoms with Crippen LogP contribution >= 0.6 is 0 Å². The van der Waals surface area contributed by atoms with Gasteiger partial charge >= 0.3 is 6.03 Å². The quantitative estimate of drug-likeness (QED) is 0.727. The highest BCUT2D eigenvalue weighted by Gasteiger charge is 2.53. The number of hydrogen-bond donors (Lipinski definition) is 0. The van der Waals surface area contributed by atoms with Gasteiger partial charge in [-0.25, -0.2) is 13.2 Å². The first-order valence-corrected chi connectivity index (χ1v) is 11.3. The number of rotatable bonds is 5. The molecule has 4 rings (SSSR count). The third-order valence-corrected chi connectivity index (χ3v) is 7.37. The lowest BCUT2D eigenvalue weighted by molar-refractivity contribution is 0.206. The Kier molecular flexibility index (Phi) is 4.75. The van der Waals surface area contributed by atoms with E-state index in [0.717, 1.165) is 23.2 Å². The molecule has 5 nitrogen and oxygen atoms in total. The molecule has 2 aliphatic rings. The van der Waals surface area contributed by atoms with E-state index in [9.17, 15) is 13.2 Å². The summed E-state index contributed by atoms with van der Waals surface area (Å²) in [5.41, 5.74) is 3.93. The van der Waals surface area contributed by atoms with Crippen LogP contribution in [0.25, 0.3) is 6.08 Å². The van der Waals surface area contributed by atoms with Crippen LogP contribution in [0.1, 0.15) is 23.6 Å². The molecule has 0 N–H and O–H groups in total. The van der Waals surface area contributed by atoms with E-state index in [1.54, 1.807) is 15.9 Å². The van der Waals surface area contributed by atoms with Gasteiger partial charge in [0.25, 0.3) is 0 Å². The van der Waals surface area contributed by atoms with Crippen LogP contribution in [0.4, 0.5) is 10.5 Å². The molecule has 2 aromatic rings. The average molecular weight is 397 g/mol. The van der Waals surface area contributed by atoms with E-state index in [1.165, 1.54) is 5.56 Å². The van der Waals surface area contributed by atoms with Gasteiger partial charge in [0.2, 0.25) is 0 Å². The molecule has 0 aromatic heterocycles. The molecule has 2 aromatic carbocycles. The van der Waals surface area contributed by atoms with Crippen molar-refractivity contribution in [3.05, 3.63) is 71.8 Å². The minimum absolute atomic E-state index is 0.0187. The number of anilines is 1. The topological polar surface area (TPSA) is 57.7 Å². The fourth-order valence-corrected chi connectivity index (χ4v) is 6.06.